The van der Waals surface area contributed by atoms with E-state index in [-0.39, 0.29) is 30.8 Å². The zero-order valence-corrected chi connectivity index (χ0v) is 18.1. The van der Waals surface area contributed by atoms with Gasteiger partial charge in [-0.1, -0.05) is 17.7 Å². The zero-order valence-electron chi connectivity index (χ0n) is 17.3. The number of alkyl halides is 1. The number of hydrogen-bond acceptors (Lipinski definition) is 5. The largest absolute Gasteiger partial charge is 0.454 e. The molecule has 168 valence electrons. The van der Waals surface area contributed by atoms with Crippen LogP contribution in [0, 0.1) is 18.7 Å². The van der Waals surface area contributed by atoms with E-state index in [9.17, 15) is 23.6 Å². The van der Waals surface area contributed by atoms with Gasteiger partial charge in [0.15, 0.2) is 6.10 Å². The van der Waals surface area contributed by atoms with Gasteiger partial charge in [0.2, 0.25) is 11.7 Å². The van der Waals surface area contributed by atoms with Crippen LogP contribution < -0.4 is 5.43 Å². The first-order valence-electron chi connectivity index (χ1n) is 10.0. The molecule has 0 saturated carbocycles. The Morgan fingerprint density at radius 3 is 2.38 bits per heavy atom. The summed E-state index contributed by atoms with van der Waals surface area (Å²) in [6.45, 7) is 1.81. The molecular weight excluding hydrogens is 439 g/mol. The summed E-state index contributed by atoms with van der Waals surface area (Å²) in [5, 5.41) is 1.08. The second kappa shape index (κ2) is 10.4. The second-order valence-corrected chi connectivity index (χ2v) is 7.86. The smallest absolute Gasteiger partial charge is 0.312 e. The molecule has 0 bridgehead atoms. The molecule has 7 nitrogen and oxygen atoms in total. The lowest BCUT2D eigenvalue weighted by atomic mass is 10.0. The summed E-state index contributed by atoms with van der Waals surface area (Å²) in [6, 6.07) is 11.7. The van der Waals surface area contributed by atoms with E-state index in [0.717, 1.165) is 22.7 Å². The summed E-state index contributed by atoms with van der Waals surface area (Å²) >= 11 is 5.75. The van der Waals surface area contributed by atoms with E-state index < -0.39 is 41.4 Å². The Bertz CT molecular complexity index is 1010. The molecule has 3 rings (SSSR count). The number of ether oxygens (including phenoxy) is 1. The van der Waals surface area contributed by atoms with Gasteiger partial charge in [0.25, 0.3) is 5.91 Å². The van der Waals surface area contributed by atoms with Crippen molar-refractivity contribution in [2.24, 2.45) is 5.92 Å². The number of esters is 1. The lowest BCUT2D eigenvalue weighted by Gasteiger charge is -2.19. The molecule has 1 fully saturated rings. The predicted octanol–water partition coefficient (Wildman–Crippen LogP) is 3.05. The number of rotatable bonds is 8. The number of hydrogen-bond donors (Lipinski definition) is 1. The number of carbonyl (C=O) groups is 4. The first-order chi connectivity index (χ1) is 15.3. The van der Waals surface area contributed by atoms with E-state index in [4.69, 9.17) is 16.3 Å². The maximum absolute atomic E-state index is 13.1. The third kappa shape index (κ3) is 5.70. The fraction of sp³-hybridized carbons (Fsp3) is 0.304. The number of halogens is 2. The molecule has 1 aliphatic heterocycles. The molecule has 9 heteroatoms. The summed E-state index contributed by atoms with van der Waals surface area (Å²) in [6.07, 6.45) is -1.25. The van der Waals surface area contributed by atoms with Gasteiger partial charge in [-0.2, -0.15) is 0 Å². The number of aryl methyl sites for hydroxylation is 1. The molecular formula is C23H22ClFN2O5. The van der Waals surface area contributed by atoms with Crippen molar-refractivity contribution in [2.45, 2.75) is 25.9 Å². The Balaban J connectivity index is 1.61. The van der Waals surface area contributed by atoms with Crippen LogP contribution in [0.4, 0.5) is 4.39 Å². The molecule has 32 heavy (non-hydrogen) atoms. The number of carbonyl (C=O) groups excluding carboxylic acids is 4. The molecule has 2 atom stereocenters. The first-order valence-corrected chi connectivity index (χ1v) is 10.6. The fourth-order valence-corrected chi connectivity index (χ4v) is 3.44. The van der Waals surface area contributed by atoms with Gasteiger partial charge in [0.05, 0.1) is 12.5 Å². The van der Waals surface area contributed by atoms with Gasteiger partial charge in [-0.25, -0.2) is 4.39 Å². The third-order valence-electron chi connectivity index (χ3n) is 5.06. The van der Waals surface area contributed by atoms with Crippen LogP contribution in [0.5, 0.6) is 0 Å². The highest BCUT2D eigenvalue weighted by Gasteiger charge is 2.38. The van der Waals surface area contributed by atoms with Crippen LogP contribution in [-0.2, 0) is 14.3 Å². The summed E-state index contributed by atoms with van der Waals surface area (Å²) in [7, 11) is 0. The lowest BCUT2D eigenvalue weighted by Crippen LogP contribution is -2.43. The van der Waals surface area contributed by atoms with Crippen molar-refractivity contribution in [1.29, 1.82) is 0 Å². The van der Waals surface area contributed by atoms with Crippen LogP contribution in [0.1, 0.15) is 39.1 Å². The number of nitrogens with zero attached hydrogens (tertiary/aromatic N) is 1. The average Bonchev–Trinajstić information content (AvgIpc) is 3.14. The Hall–Kier alpha value is -3.26. The van der Waals surface area contributed by atoms with Crippen LogP contribution in [0.3, 0.4) is 0 Å². The Kier molecular flexibility index (Phi) is 7.58. The fourth-order valence-electron chi connectivity index (χ4n) is 3.24. The van der Waals surface area contributed by atoms with Gasteiger partial charge in [-0.3, -0.25) is 29.6 Å². The number of amides is 2. The van der Waals surface area contributed by atoms with E-state index in [1.54, 1.807) is 24.3 Å². The first kappa shape index (κ1) is 23.4. The number of ketones is 1. The van der Waals surface area contributed by atoms with Crippen LogP contribution >= 0.6 is 11.6 Å². The molecule has 0 radical (unpaired) electrons. The van der Waals surface area contributed by atoms with Crippen LogP contribution in [-0.4, -0.2) is 47.1 Å². The molecule has 1 saturated heterocycles. The lowest BCUT2D eigenvalue weighted by molar-refractivity contribution is -0.151. The second-order valence-electron chi connectivity index (χ2n) is 7.49. The summed E-state index contributed by atoms with van der Waals surface area (Å²) in [5.74, 6) is -3.44. The molecule has 0 aliphatic carbocycles. The van der Waals surface area contributed by atoms with Crippen molar-refractivity contribution in [3.8, 4) is 0 Å². The van der Waals surface area contributed by atoms with E-state index in [1.165, 1.54) is 12.1 Å². The molecule has 2 aromatic carbocycles. The summed E-state index contributed by atoms with van der Waals surface area (Å²) in [5.41, 5.74) is 4.04. The third-order valence-corrected chi connectivity index (χ3v) is 5.28. The van der Waals surface area contributed by atoms with Crippen molar-refractivity contribution in [1.82, 2.24) is 10.4 Å². The highest BCUT2D eigenvalue weighted by molar-refractivity contribution is 6.18. The van der Waals surface area contributed by atoms with Crippen LogP contribution in [0.2, 0.25) is 0 Å². The summed E-state index contributed by atoms with van der Waals surface area (Å²) in [4.78, 5) is 49.9. The molecule has 1 N–H and O–H groups in total. The van der Waals surface area contributed by atoms with Crippen molar-refractivity contribution >= 4 is 35.2 Å². The number of nitrogens with one attached hydrogen (secondary N) is 1. The van der Waals surface area contributed by atoms with Crippen molar-refractivity contribution < 1.29 is 28.3 Å². The molecule has 0 aromatic heterocycles. The van der Waals surface area contributed by atoms with Gasteiger partial charge >= 0.3 is 5.97 Å². The zero-order chi connectivity index (χ0) is 23.3. The van der Waals surface area contributed by atoms with Crippen LogP contribution in [0.15, 0.2) is 48.5 Å². The number of hydrazine groups is 1. The Labute approximate surface area is 189 Å². The minimum absolute atomic E-state index is 0.0627. The van der Waals surface area contributed by atoms with Gasteiger partial charge in [0.1, 0.15) is 5.82 Å². The monoisotopic (exact) mass is 460 g/mol. The molecule has 2 aromatic rings. The van der Waals surface area contributed by atoms with E-state index in [0.29, 0.717) is 5.56 Å². The SMILES string of the molecule is Cc1ccc(C(=O)NN2C[C@H](C(=O)O[C@@H](CCCl)C(=O)c3ccc(F)cc3)CC2=O)cc1. The topological polar surface area (TPSA) is 92.8 Å². The maximum atomic E-state index is 13.1. The average molecular weight is 461 g/mol. The highest BCUT2D eigenvalue weighted by atomic mass is 35.5. The minimum Gasteiger partial charge on any atom is -0.454 e. The molecule has 1 heterocycles. The minimum atomic E-state index is -1.16. The van der Waals surface area contributed by atoms with E-state index >= 15 is 0 Å². The van der Waals surface area contributed by atoms with E-state index in [2.05, 4.69) is 5.43 Å². The van der Waals surface area contributed by atoms with E-state index in [1.807, 2.05) is 6.92 Å². The van der Waals surface area contributed by atoms with Gasteiger partial charge in [-0.15, -0.1) is 11.6 Å². The van der Waals surface area contributed by atoms with Crippen molar-refractivity contribution in [3.05, 3.63) is 71.0 Å². The van der Waals surface area contributed by atoms with Gasteiger partial charge in [-0.05, 0) is 43.3 Å². The molecule has 0 spiro atoms. The molecule has 2 amide bonds. The highest BCUT2D eigenvalue weighted by Crippen LogP contribution is 2.21. The van der Waals surface area contributed by atoms with Crippen molar-refractivity contribution in [2.75, 3.05) is 12.4 Å². The summed E-state index contributed by atoms with van der Waals surface area (Å²) < 4.78 is 18.5. The standard InChI is InChI=1S/C23H22ClFN2O5/c1-14-2-4-16(5-3-14)22(30)26-27-13-17(12-20(27)28)23(31)32-19(10-11-24)21(29)15-6-8-18(25)9-7-15/h2-9,17,19H,10-13H2,1H3,(H,26,30)/t17-,19+/m1/s1. The quantitative estimate of drug-likeness (QED) is 0.371. The number of Topliss-reactive ketones (excluding diaryl/α,β-unsaturated/α-hetero) is 1. The normalized spacial score (nSPS) is 16.5. The molecule has 0 unspecified atom stereocenters. The van der Waals surface area contributed by atoms with Gasteiger partial charge < -0.3 is 4.74 Å². The van der Waals surface area contributed by atoms with Crippen LogP contribution in [0.25, 0.3) is 0 Å². The Morgan fingerprint density at radius 2 is 1.75 bits per heavy atom. The predicted molar refractivity (Wildman–Crippen MR) is 114 cm³/mol. The maximum Gasteiger partial charge on any atom is 0.312 e. The van der Waals surface area contributed by atoms with Crippen molar-refractivity contribution in [3.63, 3.8) is 0 Å². The Morgan fingerprint density at radius 1 is 1.12 bits per heavy atom. The van der Waals surface area contributed by atoms with Gasteiger partial charge in [0, 0.05) is 29.8 Å². The number of benzene rings is 2. The molecule has 1 aliphatic rings.